The van der Waals surface area contributed by atoms with E-state index in [4.69, 9.17) is 0 Å². The third kappa shape index (κ3) is 5.17. The fourth-order valence-electron chi connectivity index (χ4n) is 2.56. The molecule has 0 saturated carbocycles. The first-order valence-electron chi connectivity index (χ1n) is 7.11. The van der Waals surface area contributed by atoms with Crippen LogP contribution in [0.15, 0.2) is 0 Å². The number of nitrogens with zero attached hydrogens (tertiary/aromatic N) is 2. The van der Waals surface area contributed by atoms with Crippen LogP contribution < -0.4 is 0 Å². The van der Waals surface area contributed by atoms with Crippen molar-refractivity contribution in [2.75, 3.05) is 33.2 Å². The van der Waals surface area contributed by atoms with Crippen LogP contribution in [-0.2, 0) is 4.79 Å². The first-order valence-corrected chi connectivity index (χ1v) is 7.11. The number of rotatable bonds is 7. The largest absolute Gasteiger partial charge is 0.303 e. The molecule has 17 heavy (non-hydrogen) atoms. The van der Waals surface area contributed by atoms with Gasteiger partial charge in [-0.2, -0.15) is 0 Å². The first-order chi connectivity index (χ1) is 8.17. The summed E-state index contributed by atoms with van der Waals surface area (Å²) in [6, 6.07) is 0.731. The zero-order valence-electron chi connectivity index (χ0n) is 11.7. The Morgan fingerprint density at radius 2 is 1.94 bits per heavy atom. The number of Topliss-reactive ketones (excluding diaryl/α,β-unsaturated/α-hetero) is 1. The van der Waals surface area contributed by atoms with Gasteiger partial charge in [0.15, 0.2) is 0 Å². The molecule has 0 unspecified atom stereocenters. The number of piperidine rings is 1. The number of carbonyl (C=O) groups is 1. The monoisotopic (exact) mass is 240 g/mol. The molecule has 1 aliphatic rings. The Bertz CT molecular complexity index is 222. The quantitative estimate of drug-likeness (QED) is 0.681. The zero-order chi connectivity index (χ0) is 12.7. The lowest BCUT2D eigenvalue weighted by atomic mass is 10.0. The maximum Gasteiger partial charge on any atom is 0.132 e. The molecule has 0 atom stereocenters. The molecule has 0 radical (unpaired) electrons. The number of ketones is 1. The Hall–Kier alpha value is -0.410. The topological polar surface area (TPSA) is 23.6 Å². The van der Waals surface area contributed by atoms with Gasteiger partial charge in [-0.25, -0.2) is 0 Å². The maximum absolute atomic E-state index is 11.2. The van der Waals surface area contributed by atoms with Crippen LogP contribution in [0.25, 0.3) is 0 Å². The normalized spacial score (nSPS) is 18.8. The van der Waals surface area contributed by atoms with Crippen LogP contribution in [0.1, 0.15) is 46.0 Å². The molecule has 1 heterocycles. The van der Waals surface area contributed by atoms with E-state index in [0.29, 0.717) is 12.2 Å². The average Bonchev–Trinajstić information content (AvgIpc) is 2.38. The van der Waals surface area contributed by atoms with E-state index in [-0.39, 0.29) is 0 Å². The highest BCUT2D eigenvalue weighted by Crippen LogP contribution is 2.15. The van der Waals surface area contributed by atoms with Gasteiger partial charge < -0.3 is 9.80 Å². The predicted octanol–water partition coefficient (Wildman–Crippen LogP) is 2.16. The molecular weight excluding hydrogens is 212 g/mol. The van der Waals surface area contributed by atoms with Gasteiger partial charge in [0.25, 0.3) is 0 Å². The summed E-state index contributed by atoms with van der Waals surface area (Å²) in [4.78, 5) is 16.2. The molecule has 3 nitrogen and oxygen atoms in total. The van der Waals surface area contributed by atoms with E-state index in [9.17, 15) is 4.79 Å². The summed E-state index contributed by atoms with van der Waals surface area (Å²) < 4.78 is 0. The van der Waals surface area contributed by atoms with Gasteiger partial charge in [0.2, 0.25) is 0 Å². The lowest BCUT2D eigenvalue weighted by Crippen LogP contribution is -2.43. The molecule has 1 saturated heterocycles. The molecule has 1 fully saturated rings. The molecule has 1 rings (SSSR count). The minimum Gasteiger partial charge on any atom is -0.303 e. The van der Waals surface area contributed by atoms with Gasteiger partial charge in [0, 0.05) is 18.9 Å². The second-order valence-corrected chi connectivity index (χ2v) is 5.14. The van der Waals surface area contributed by atoms with Crippen LogP contribution in [-0.4, -0.2) is 54.9 Å². The Morgan fingerprint density at radius 1 is 1.29 bits per heavy atom. The van der Waals surface area contributed by atoms with E-state index < -0.39 is 0 Å². The van der Waals surface area contributed by atoms with Gasteiger partial charge in [-0.3, -0.25) is 4.79 Å². The van der Waals surface area contributed by atoms with E-state index in [1.54, 1.807) is 0 Å². The molecular formula is C14H28N2O. The lowest BCUT2D eigenvalue weighted by molar-refractivity contribution is -0.118. The van der Waals surface area contributed by atoms with Gasteiger partial charge >= 0.3 is 0 Å². The summed E-state index contributed by atoms with van der Waals surface area (Å²) in [5.41, 5.74) is 0. The van der Waals surface area contributed by atoms with Crippen LogP contribution >= 0.6 is 0 Å². The molecule has 0 aromatic heterocycles. The van der Waals surface area contributed by atoms with Crippen molar-refractivity contribution in [3.63, 3.8) is 0 Å². The van der Waals surface area contributed by atoms with Gasteiger partial charge in [0.05, 0.1) is 0 Å². The van der Waals surface area contributed by atoms with Crippen molar-refractivity contribution in [3.05, 3.63) is 0 Å². The Morgan fingerprint density at radius 3 is 2.47 bits per heavy atom. The van der Waals surface area contributed by atoms with Crippen molar-refractivity contribution < 1.29 is 4.79 Å². The van der Waals surface area contributed by atoms with Crippen LogP contribution in [0, 0.1) is 0 Å². The highest BCUT2D eigenvalue weighted by molar-refractivity contribution is 5.77. The summed E-state index contributed by atoms with van der Waals surface area (Å²) >= 11 is 0. The Balaban J connectivity index is 2.15. The summed E-state index contributed by atoms with van der Waals surface area (Å²) in [6.45, 7) is 8.91. The first kappa shape index (κ1) is 14.7. The van der Waals surface area contributed by atoms with Crippen molar-refractivity contribution >= 4 is 5.78 Å². The van der Waals surface area contributed by atoms with Crippen molar-refractivity contribution in [1.82, 2.24) is 9.80 Å². The van der Waals surface area contributed by atoms with Crippen molar-refractivity contribution in [1.29, 1.82) is 0 Å². The van der Waals surface area contributed by atoms with Gasteiger partial charge in [-0.1, -0.05) is 13.8 Å². The van der Waals surface area contributed by atoms with E-state index in [0.717, 1.165) is 25.4 Å². The lowest BCUT2D eigenvalue weighted by Gasteiger charge is -2.36. The number of likely N-dealkylation sites (tertiary alicyclic amines) is 1. The molecule has 0 spiro atoms. The van der Waals surface area contributed by atoms with Gasteiger partial charge in [-0.15, -0.1) is 0 Å². The van der Waals surface area contributed by atoms with Crippen LogP contribution in [0.3, 0.4) is 0 Å². The molecule has 1 aliphatic heterocycles. The molecule has 0 aliphatic carbocycles. The minimum absolute atomic E-state index is 0.402. The fraction of sp³-hybridized carbons (Fsp3) is 0.929. The third-order valence-corrected chi connectivity index (χ3v) is 3.99. The standard InChI is InChI=1S/C14H28N2O/c1-4-14(17)7-6-10-15(3)13-8-11-16(5-2)12-9-13/h13H,4-12H2,1-3H3. The van der Waals surface area contributed by atoms with E-state index in [1.165, 1.54) is 32.5 Å². The van der Waals surface area contributed by atoms with Crippen molar-refractivity contribution in [2.45, 2.75) is 52.0 Å². The summed E-state index contributed by atoms with van der Waals surface area (Å²) in [5, 5.41) is 0. The Kier molecular flexibility index (Phi) is 6.75. The molecule has 0 amide bonds. The minimum atomic E-state index is 0.402. The van der Waals surface area contributed by atoms with Gasteiger partial charge in [0.1, 0.15) is 5.78 Å². The SMILES string of the molecule is CCC(=O)CCCN(C)C1CCN(CC)CC1. The highest BCUT2D eigenvalue weighted by atomic mass is 16.1. The number of hydrogen-bond acceptors (Lipinski definition) is 3. The van der Waals surface area contributed by atoms with Crippen LogP contribution in [0.4, 0.5) is 0 Å². The summed E-state index contributed by atoms with van der Waals surface area (Å²) in [5.74, 6) is 0.402. The third-order valence-electron chi connectivity index (χ3n) is 3.99. The Labute approximate surface area is 106 Å². The number of hydrogen-bond donors (Lipinski definition) is 0. The second kappa shape index (κ2) is 7.83. The van der Waals surface area contributed by atoms with E-state index in [2.05, 4.69) is 23.8 Å². The summed E-state index contributed by atoms with van der Waals surface area (Å²) in [7, 11) is 2.21. The molecule has 100 valence electrons. The van der Waals surface area contributed by atoms with E-state index >= 15 is 0 Å². The smallest absolute Gasteiger partial charge is 0.132 e. The molecule has 0 N–H and O–H groups in total. The van der Waals surface area contributed by atoms with Crippen LogP contribution in [0.5, 0.6) is 0 Å². The van der Waals surface area contributed by atoms with Gasteiger partial charge in [-0.05, 0) is 52.5 Å². The second-order valence-electron chi connectivity index (χ2n) is 5.14. The molecule has 0 aromatic rings. The van der Waals surface area contributed by atoms with Crippen LogP contribution in [0.2, 0.25) is 0 Å². The molecule has 0 aromatic carbocycles. The van der Waals surface area contributed by atoms with Crippen molar-refractivity contribution in [3.8, 4) is 0 Å². The highest BCUT2D eigenvalue weighted by Gasteiger charge is 2.21. The predicted molar refractivity (Wildman–Crippen MR) is 72.3 cm³/mol. The molecule has 3 heteroatoms. The van der Waals surface area contributed by atoms with Crippen molar-refractivity contribution in [2.24, 2.45) is 0 Å². The summed E-state index contributed by atoms with van der Waals surface area (Å²) in [6.07, 6.45) is 5.04. The zero-order valence-corrected chi connectivity index (χ0v) is 11.7. The average molecular weight is 240 g/mol. The fourth-order valence-corrected chi connectivity index (χ4v) is 2.56. The van der Waals surface area contributed by atoms with E-state index in [1.807, 2.05) is 6.92 Å². The maximum atomic E-state index is 11.2. The molecule has 0 bridgehead atoms. The number of carbonyl (C=O) groups excluding carboxylic acids is 1.